The molecule has 1 saturated carbocycles. The molecular formula is C53H89FN6O14S. The van der Waals surface area contributed by atoms with E-state index in [1.54, 1.807) is 66.8 Å². The van der Waals surface area contributed by atoms with Crippen molar-refractivity contribution in [3.63, 3.8) is 0 Å². The molecule has 75 heavy (non-hydrogen) atoms. The molecule has 19 atom stereocenters. The third-order valence-corrected chi connectivity index (χ3v) is 18.1. The molecular weight excluding hydrogens is 996 g/mol. The lowest BCUT2D eigenvalue weighted by molar-refractivity contribution is -0.318. The van der Waals surface area contributed by atoms with E-state index in [2.05, 4.69) is 15.0 Å². The molecule has 1 aromatic heterocycles. The van der Waals surface area contributed by atoms with E-state index in [9.17, 15) is 43.1 Å². The summed E-state index contributed by atoms with van der Waals surface area (Å²) >= 11 is 0. The number of cyclic esters (lactones) is 1. The van der Waals surface area contributed by atoms with Gasteiger partial charge in [-0.1, -0.05) is 38.1 Å². The Kier molecular flexibility index (Phi) is 20.6. The minimum absolute atomic E-state index is 0.0214. The first-order valence-corrected chi connectivity index (χ1v) is 28.4. The van der Waals surface area contributed by atoms with Crippen molar-refractivity contribution in [2.24, 2.45) is 17.8 Å². The molecule has 0 unspecified atom stereocenters. The lowest BCUT2D eigenvalue weighted by Crippen LogP contribution is -2.61. The van der Waals surface area contributed by atoms with Gasteiger partial charge in [0.25, 0.3) is 0 Å². The molecule has 20 nitrogen and oxygen atoms in total. The smallest absolute Gasteiger partial charge is 0.311 e. The maximum Gasteiger partial charge on any atom is 0.311 e. The van der Waals surface area contributed by atoms with Crippen molar-refractivity contribution in [3.05, 3.63) is 41.7 Å². The second-order valence-electron chi connectivity index (χ2n) is 23.2. The Morgan fingerprint density at radius 3 is 2.27 bits per heavy atom. The van der Waals surface area contributed by atoms with E-state index in [0.29, 0.717) is 31.6 Å². The number of hydrogen-bond acceptors (Lipinski definition) is 18. The van der Waals surface area contributed by atoms with E-state index in [4.69, 9.17) is 28.4 Å². The van der Waals surface area contributed by atoms with Crippen molar-refractivity contribution in [1.29, 1.82) is 0 Å². The number of methoxy groups -OCH3 is 1. The number of likely N-dealkylation sites (N-methyl/N-ethyl adjacent to an activating group) is 2. The molecule has 6 rings (SSSR count). The number of aliphatic hydroxyl groups excluding tert-OH is 3. The van der Waals surface area contributed by atoms with Gasteiger partial charge in [0.1, 0.15) is 36.7 Å². The van der Waals surface area contributed by atoms with E-state index < -0.39 is 131 Å². The zero-order chi connectivity index (χ0) is 55.5. The van der Waals surface area contributed by atoms with Gasteiger partial charge in [0, 0.05) is 63.3 Å². The number of rotatable bonds is 17. The minimum Gasteiger partial charge on any atom is -0.459 e. The fourth-order valence-corrected chi connectivity index (χ4v) is 12.8. The summed E-state index contributed by atoms with van der Waals surface area (Å²) in [5.41, 5.74) is -3.27. The summed E-state index contributed by atoms with van der Waals surface area (Å²) in [7, 11) is 1.56. The van der Waals surface area contributed by atoms with Crippen molar-refractivity contribution < 1.29 is 71.6 Å². The van der Waals surface area contributed by atoms with Crippen LogP contribution in [0.15, 0.2) is 35.4 Å². The summed E-state index contributed by atoms with van der Waals surface area (Å²) < 4.78 is 82.3. The maximum atomic E-state index is 14.5. The molecule has 6 N–H and O–H groups in total. The third kappa shape index (κ3) is 14.7. The number of ether oxygens (including phenoxy) is 6. The van der Waals surface area contributed by atoms with Crippen LogP contribution in [0.3, 0.4) is 0 Å². The standard InChI is InChI=1S/C53H89FN6O14S/c1-14-42-53(10,66)46(62)34(6)59(12)28-30(2)25-51(8,65)48(32(4)45(33(5)49(64)72-42)73-43-26-52(9,69-13)47(63)35(7)71-43)74-50-44(61)41(23-31(3)70-50)58(11)22-21-38-29-60(57-55-38)39(27-54)24-36-15-19-40(20-16-36)75(67,68)56-37-17-18-37/h15-16,19-20,29-35,37,39,41-48,50,56,61-63,65-66H,14,17-18,21-28H2,1-13H3/t30-,31-,32+,33-,34-,35+,39+,41+,42-,43+,44-,45+,46-,47+,48-,50+,51-,52-,53-/m1/s1. The number of alkyl halides is 1. The highest BCUT2D eigenvalue weighted by atomic mass is 32.2. The van der Waals surface area contributed by atoms with Gasteiger partial charge in [-0.25, -0.2) is 22.2 Å². The Hall–Kier alpha value is -2.81. The van der Waals surface area contributed by atoms with Crippen LogP contribution in [-0.4, -0.2) is 202 Å². The first kappa shape index (κ1) is 61.4. The SMILES string of the molecule is CC[C@H]1OC(=O)[C@H](C)[C@@H](O[C@H]2C[C@@](C)(OC)[C@@H](O)[C@H](C)O2)[C@H](C)[C@@H](O[C@@H]2O[C@H](C)C[C@H](N(C)CCc3cn([C@H](CF)Cc4ccc(S(=O)(=O)NC5CC5)cc4)nn3)[C@H]2O)[C@](C)(O)C[C@@H](C)CN(C)[C@H](C)[C@@H](O)[C@]1(C)O. The molecule has 3 saturated heterocycles. The van der Waals surface area contributed by atoms with Gasteiger partial charge in [0.15, 0.2) is 12.6 Å². The molecule has 1 aromatic carbocycles. The number of nitrogens with zero attached hydrogens (tertiary/aromatic N) is 5. The molecule has 0 radical (unpaired) electrons. The van der Waals surface area contributed by atoms with Crippen LogP contribution >= 0.6 is 0 Å². The Labute approximate surface area is 443 Å². The number of benzene rings is 1. The first-order valence-electron chi connectivity index (χ1n) is 26.9. The molecule has 0 amide bonds. The molecule has 428 valence electrons. The van der Waals surface area contributed by atoms with Gasteiger partial charge in [0.05, 0.1) is 58.2 Å². The second kappa shape index (κ2) is 25.1. The first-order chi connectivity index (χ1) is 35.0. The number of sulfonamides is 1. The molecule has 0 bridgehead atoms. The van der Waals surface area contributed by atoms with Crippen LogP contribution in [0, 0.1) is 17.8 Å². The lowest BCUT2D eigenvalue weighted by Gasteiger charge is -2.49. The highest BCUT2D eigenvalue weighted by Gasteiger charge is 2.53. The largest absolute Gasteiger partial charge is 0.459 e. The van der Waals surface area contributed by atoms with Crippen LogP contribution in [0.5, 0.6) is 0 Å². The Balaban J connectivity index is 1.23. The molecule has 0 spiro atoms. The number of esters is 1. The van der Waals surface area contributed by atoms with Crippen LogP contribution in [0.4, 0.5) is 4.39 Å². The highest BCUT2D eigenvalue weighted by Crippen LogP contribution is 2.40. The number of aromatic nitrogens is 3. The lowest BCUT2D eigenvalue weighted by atomic mass is 9.77. The van der Waals surface area contributed by atoms with Gasteiger partial charge >= 0.3 is 5.97 Å². The molecule has 1 aliphatic carbocycles. The van der Waals surface area contributed by atoms with E-state index in [1.165, 1.54) is 30.8 Å². The average Bonchev–Trinajstić information content (AvgIpc) is 4.04. The number of halogens is 1. The van der Waals surface area contributed by atoms with E-state index in [-0.39, 0.29) is 42.5 Å². The quantitative estimate of drug-likeness (QED) is 0.124. The van der Waals surface area contributed by atoms with Crippen molar-refractivity contribution in [2.45, 2.75) is 228 Å². The van der Waals surface area contributed by atoms with Gasteiger partial charge in [-0.15, -0.1) is 5.10 Å². The number of hydrogen-bond donors (Lipinski definition) is 6. The van der Waals surface area contributed by atoms with Crippen LogP contribution in [-0.2, 0) is 56.1 Å². The number of carbonyl (C=O) groups excluding carboxylic acids is 1. The van der Waals surface area contributed by atoms with E-state index >= 15 is 0 Å². The molecule has 3 aliphatic heterocycles. The van der Waals surface area contributed by atoms with Crippen LogP contribution in [0.1, 0.15) is 125 Å². The fourth-order valence-electron chi connectivity index (χ4n) is 11.5. The van der Waals surface area contributed by atoms with E-state index in [1.807, 2.05) is 37.7 Å². The Morgan fingerprint density at radius 1 is 0.987 bits per heavy atom. The zero-order valence-electron chi connectivity index (χ0n) is 46.4. The molecule has 4 aliphatic rings. The number of nitrogens with one attached hydrogen (secondary N) is 1. The van der Waals surface area contributed by atoms with Gasteiger partial charge < -0.3 is 63.8 Å². The predicted octanol–water partition coefficient (Wildman–Crippen LogP) is 3.30. The molecule has 2 aromatic rings. The summed E-state index contributed by atoms with van der Waals surface area (Å²) in [5, 5.41) is 68.3. The molecule has 4 heterocycles. The van der Waals surface area contributed by atoms with Crippen LogP contribution in [0.25, 0.3) is 0 Å². The number of aliphatic hydroxyl groups is 5. The van der Waals surface area contributed by atoms with Gasteiger partial charge in [-0.2, -0.15) is 0 Å². The molecule has 4 fully saturated rings. The summed E-state index contributed by atoms with van der Waals surface area (Å²) in [5.74, 6) is -2.91. The summed E-state index contributed by atoms with van der Waals surface area (Å²) in [6.07, 6.45) is -5.58. The van der Waals surface area contributed by atoms with Gasteiger partial charge in [-0.05, 0) is 125 Å². The average molecular weight is 1090 g/mol. The summed E-state index contributed by atoms with van der Waals surface area (Å²) in [4.78, 5) is 18.5. The normalized spacial score (nSPS) is 39.7. The van der Waals surface area contributed by atoms with Crippen molar-refractivity contribution in [2.75, 3.05) is 41.0 Å². The van der Waals surface area contributed by atoms with Crippen LogP contribution < -0.4 is 4.72 Å². The Bertz CT molecular complexity index is 2260. The number of carbonyl (C=O) groups is 1. The predicted molar refractivity (Wildman–Crippen MR) is 275 cm³/mol. The monoisotopic (exact) mass is 1080 g/mol. The molecule has 22 heteroatoms. The van der Waals surface area contributed by atoms with Gasteiger partial charge in [0.2, 0.25) is 10.0 Å². The highest BCUT2D eigenvalue weighted by molar-refractivity contribution is 7.89. The second-order valence-corrected chi connectivity index (χ2v) is 24.9. The van der Waals surface area contributed by atoms with Crippen molar-refractivity contribution in [1.82, 2.24) is 29.5 Å². The third-order valence-electron chi connectivity index (χ3n) is 16.5. The maximum absolute atomic E-state index is 14.5. The van der Waals surface area contributed by atoms with Gasteiger partial charge in [-0.3, -0.25) is 4.79 Å². The van der Waals surface area contributed by atoms with Crippen molar-refractivity contribution in [3.8, 4) is 0 Å². The minimum atomic E-state index is -3.62. The van der Waals surface area contributed by atoms with Crippen LogP contribution in [0.2, 0.25) is 0 Å². The topological polar surface area (TPSA) is 257 Å². The Morgan fingerprint density at radius 2 is 1.65 bits per heavy atom. The fraction of sp³-hybridized carbons (Fsp3) is 0.830. The zero-order valence-corrected chi connectivity index (χ0v) is 47.2. The van der Waals surface area contributed by atoms with Crippen molar-refractivity contribution >= 4 is 16.0 Å². The summed E-state index contributed by atoms with van der Waals surface area (Å²) in [6.45, 7) is 17.4. The summed E-state index contributed by atoms with van der Waals surface area (Å²) in [6, 6.07) is 4.61. The van der Waals surface area contributed by atoms with E-state index in [0.717, 1.165) is 18.4 Å².